The van der Waals surface area contributed by atoms with Crippen molar-refractivity contribution in [1.82, 2.24) is 5.32 Å². The number of hydrogen-bond donors (Lipinski definition) is 5. The van der Waals surface area contributed by atoms with Crippen LogP contribution in [0.2, 0.25) is 0 Å². The number of primary amides is 1. The number of para-hydroxylation sites is 1. The predicted octanol–water partition coefficient (Wildman–Crippen LogP) is 1.30. The van der Waals surface area contributed by atoms with Gasteiger partial charge in [-0.15, -0.1) is 0 Å². The summed E-state index contributed by atoms with van der Waals surface area (Å²) in [5.74, 6) is -1.58. The predicted molar refractivity (Wildman–Crippen MR) is 113 cm³/mol. The molecule has 0 bridgehead atoms. The van der Waals surface area contributed by atoms with Crippen molar-refractivity contribution < 1.29 is 19.2 Å². The highest BCUT2D eigenvalue weighted by molar-refractivity contribution is 6.00. The minimum atomic E-state index is -0.586. The van der Waals surface area contributed by atoms with Gasteiger partial charge in [-0.05, 0) is 36.8 Å². The maximum absolute atomic E-state index is 12.2. The van der Waals surface area contributed by atoms with E-state index in [1.165, 1.54) is 0 Å². The molecule has 2 aromatic carbocycles. The summed E-state index contributed by atoms with van der Waals surface area (Å²) in [6.45, 7) is 0.522. The maximum Gasteiger partial charge on any atom is 0.250 e. The van der Waals surface area contributed by atoms with Crippen LogP contribution < -0.4 is 27.0 Å². The van der Waals surface area contributed by atoms with Crippen LogP contribution in [0.5, 0.6) is 0 Å². The van der Waals surface area contributed by atoms with E-state index in [1.54, 1.807) is 48.5 Å². The molecule has 0 aliphatic carbocycles. The molecule has 0 spiro atoms. The van der Waals surface area contributed by atoms with Crippen molar-refractivity contribution in [3.63, 3.8) is 0 Å². The molecule has 4 amide bonds. The highest BCUT2D eigenvalue weighted by Gasteiger charge is 2.26. The molecule has 1 saturated heterocycles. The monoisotopic (exact) mass is 409 g/mol. The summed E-state index contributed by atoms with van der Waals surface area (Å²) in [5, 5.41) is 11.1. The Bertz CT molecular complexity index is 975. The zero-order valence-corrected chi connectivity index (χ0v) is 16.2. The lowest BCUT2D eigenvalue weighted by Gasteiger charge is -2.12. The lowest BCUT2D eigenvalue weighted by Crippen LogP contribution is -2.24. The number of anilines is 3. The van der Waals surface area contributed by atoms with Crippen LogP contribution in [-0.4, -0.2) is 36.7 Å². The van der Waals surface area contributed by atoms with Crippen molar-refractivity contribution in [1.29, 1.82) is 0 Å². The molecule has 0 radical (unpaired) electrons. The van der Waals surface area contributed by atoms with Crippen LogP contribution in [0.3, 0.4) is 0 Å². The molecule has 1 fully saturated rings. The Hall–Kier alpha value is -3.88. The summed E-state index contributed by atoms with van der Waals surface area (Å²) in [4.78, 5) is 47.4. The summed E-state index contributed by atoms with van der Waals surface area (Å²) in [6, 6.07) is 13.4. The summed E-state index contributed by atoms with van der Waals surface area (Å²) >= 11 is 0. The lowest BCUT2D eigenvalue weighted by atomic mass is 10.0. The van der Waals surface area contributed by atoms with Gasteiger partial charge in [0.05, 0.1) is 12.1 Å². The molecule has 3 rings (SSSR count). The molecule has 6 N–H and O–H groups in total. The molecule has 2 aromatic rings. The van der Waals surface area contributed by atoms with Crippen LogP contribution in [0, 0.1) is 5.92 Å². The fourth-order valence-electron chi connectivity index (χ4n) is 3.18. The van der Waals surface area contributed by atoms with E-state index >= 15 is 0 Å². The molecule has 0 saturated carbocycles. The van der Waals surface area contributed by atoms with Crippen LogP contribution in [0.1, 0.15) is 23.2 Å². The van der Waals surface area contributed by atoms with Gasteiger partial charge in [0.15, 0.2) is 0 Å². The number of carbonyl (C=O) groups is 4. The van der Waals surface area contributed by atoms with Gasteiger partial charge in [-0.2, -0.15) is 0 Å². The average Bonchev–Trinajstić information content (AvgIpc) is 3.11. The van der Waals surface area contributed by atoms with E-state index in [4.69, 9.17) is 5.73 Å². The highest BCUT2D eigenvalue weighted by atomic mass is 16.2. The van der Waals surface area contributed by atoms with Gasteiger partial charge in [-0.25, -0.2) is 0 Å². The first kappa shape index (κ1) is 20.8. The van der Waals surface area contributed by atoms with Crippen molar-refractivity contribution in [3.05, 3.63) is 54.1 Å². The van der Waals surface area contributed by atoms with Gasteiger partial charge in [-0.3, -0.25) is 19.2 Å². The molecule has 156 valence electrons. The second-order valence-corrected chi connectivity index (χ2v) is 6.92. The molecule has 9 heteroatoms. The number of nitrogens with two attached hydrogens (primary N) is 1. The zero-order valence-electron chi connectivity index (χ0n) is 16.2. The molecular weight excluding hydrogens is 386 g/mol. The van der Waals surface area contributed by atoms with Crippen molar-refractivity contribution in [3.8, 4) is 0 Å². The minimum Gasteiger partial charge on any atom is -0.376 e. The van der Waals surface area contributed by atoms with Crippen molar-refractivity contribution in [2.24, 2.45) is 11.7 Å². The number of benzene rings is 2. The van der Waals surface area contributed by atoms with E-state index in [-0.39, 0.29) is 36.6 Å². The Morgan fingerprint density at radius 2 is 1.70 bits per heavy atom. The van der Waals surface area contributed by atoms with Crippen molar-refractivity contribution in [2.75, 3.05) is 29.0 Å². The normalized spacial score (nSPS) is 15.2. The minimum absolute atomic E-state index is 0.0718. The zero-order chi connectivity index (χ0) is 21.5. The van der Waals surface area contributed by atoms with E-state index < -0.39 is 5.91 Å². The van der Waals surface area contributed by atoms with E-state index in [0.717, 1.165) is 0 Å². The topological polar surface area (TPSA) is 142 Å². The first-order chi connectivity index (χ1) is 14.4. The molecule has 30 heavy (non-hydrogen) atoms. The highest BCUT2D eigenvalue weighted by Crippen LogP contribution is 2.19. The van der Waals surface area contributed by atoms with Crippen LogP contribution in [0.25, 0.3) is 0 Å². The molecule has 1 atom stereocenters. The smallest absolute Gasteiger partial charge is 0.250 e. The third kappa shape index (κ3) is 5.57. The average molecular weight is 409 g/mol. The van der Waals surface area contributed by atoms with Crippen LogP contribution >= 0.6 is 0 Å². The largest absolute Gasteiger partial charge is 0.376 e. The Balaban J connectivity index is 1.53. The maximum atomic E-state index is 12.2. The molecule has 0 aromatic heterocycles. The quantitative estimate of drug-likeness (QED) is 0.447. The van der Waals surface area contributed by atoms with Gasteiger partial charge in [-0.1, -0.05) is 18.2 Å². The van der Waals surface area contributed by atoms with Crippen molar-refractivity contribution >= 4 is 40.7 Å². The molecule has 0 unspecified atom stereocenters. The number of hydrogen-bond acceptors (Lipinski definition) is 5. The van der Waals surface area contributed by atoms with E-state index in [9.17, 15) is 19.2 Å². The van der Waals surface area contributed by atoms with Crippen LogP contribution in [0.4, 0.5) is 17.1 Å². The number of nitrogens with one attached hydrogen (secondary N) is 4. The van der Waals surface area contributed by atoms with Crippen LogP contribution in [-0.2, 0) is 14.4 Å². The van der Waals surface area contributed by atoms with Gasteiger partial charge in [0.1, 0.15) is 0 Å². The van der Waals surface area contributed by atoms with Gasteiger partial charge in [0, 0.05) is 35.9 Å². The summed E-state index contributed by atoms with van der Waals surface area (Å²) in [5.41, 5.74) is 7.11. The molecule has 1 aliphatic heterocycles. The SMILES string of the molecule is NC(=O)c1ccccc1NCC(=O)Nc1cccc(NC(=O)C[C@@H]2CCNC2=O)c1. The van der Waals surface area contributed by atoms with Crippen LogP contribution in [0.15, 0.2) is 48.5 Å². The molecule has 1 heterocycles. The van der Waals surface area contributed by atoms with E-state index in [0.29, 0.717) is 35.6 Å². The summed E-state index contributed by atoms with van der Waals surface area (Å²) in [7, 11) is 0. The van der Waals surface area contributed by atoms with E-state index in [1.807, 2.05) is 0 Å². The van der Waals surface area contributed by atoms with Gasteiger partial charge in [0.2, 0.25) is 17.7 Å². The Kier molecular flexibility index (Phi) is 6.63. The van der Waals surface area contributed by atoms with Crippen molar-refractivity contribution in [2.45, 2.75) is 12.8 Å². The second-order valence-electron chi connectivity index (χ2n) is 6.92. The number of rotatable bonds is 8. The van der Waals surface area contributed by atoms with Gasteiger partial charge >= 0.3 is 0 Å². The summed E-state index contributed by atoms with van der Waals surface area (Å²) < 4.78 is 0. The third-order valence-electron chi connectivity index (χ3n) is 4.66. The first-order valence-corrected chi connectivity index (χ1v) is 9.52. The molecule has 1 aliphatic rings. The summed E-state index contributed by atoms with van der Waals surface area (Å²) in [6.07, 6.45) is 0.764. The standard InChI is InChI=1S/C21H23N5O4/c22-20(29)16-6-1-2-7-17(16)24-12-19(28)26-15-5-3-4-14(11-15)25-18(27)10-13-8-9-23-21(13)30/h1-7,11,13,24H,8-10,12H2,(H2,22,29)(H,23,30)(H,25,27)(H,26,28)/t13-/m0/s1. The molecular formula is C21H23N5O4. The fraction of sp³-hybridized carbons (Fsp3) is 0.238. The fourth-order valence-corrected chi connectivity index (χ4v) is 3.18. The second kappa shape index (κ2) is 9.55. The van der Waals surface area contributed by atoms with Gasteiger partial charge < -0.3 is 27.0 Å². The third-order valence-corrected chi connectivity index (χ3v) is 4.66. The molecule has 9 nitrogen and oxygen atoms in total. The Morgan fingerprint density at radius 1 is 1.00 bits per heavy atom. The lowest BCUT2D eigenvalue weighted by molar-refractivity contribution is -0.126. The van der Waals surface area contributed by atoms with Gasteiger partial charge in [0.25, 0.3) is 5.91 Å². The number of amides is 4. The van der Waals surface area contributed by atoms with E-state index in [2.05, 4.69) is 21.3 Å². The Morgan fingerprint density at radius 3 is 2.37 bits per heavy atom. The number of carbonyl (C=O) groups excluding carboxylic acids is 4. The first-order valence-electron chi connectivity index (χ1n) is 9.52. The Labute approximate surface area is 173 Å².